The van der Waals surface area contributed by atoms with Gasteiger partial charge in [-0.2, -0.15) is 0 Å². The Bertz CT molecular complexity index is 234. The predicted molar refractivity (Wildman–Crippen MR) is 41.1 cm³/mol. The first-order chi connectivity index (χ1) is 5.68. The summed E-state index contributed by atoms with van der Waals surface area (Å²) in [6.45, 7) is 2.12. The van der Waals surface area contributed by atoms with E-state index in [-0.39, 0.29) is 23.8 Å². The molecule has 66 valence electrons. The third kappa shape index (κ3) is 1.04. The van der Waals surface area contributed by atoms with Gasteiger partial charge in [-0.1, -0.05) is 6.92 Å². The van der Waals surface area contributed by atoms with Crippen LogP contribution in [0, 0.1) is 17.8 Å². The average molecular weight is 168 g/mol. The van der Waals surface area contributed by atoms with Gasteiger partial charge in [0, 0.05) is 0 Å². The third-order valence-electron chi connectivity index (χ3n) is 2.92. The fourth-order valence-electron chi connectivity index (χ4n) is 2.17. The molecular weight excluding hydrogens is 156 g/mol. The number of fused-ring (bicyclic) bond motifs is 1. The van der Waals surface area contributed by atoms with Gasteiger partial charge in [-0.3, -0.25) is 9.59 Å². The van der Waals surface area contributed by atoms with Crippen LogP contribution >= 0.6 is 0 Å². The van der Waals surface area contributed by atoms with Crippen LogP contribution in [0.4, 0.5) is 0 Å². The number of hydrogen-bond donors (Lipinski definition) is 0. The Balaban J connectivity index is 2.17. The molecule has 3 atom stereocenters. The highest BCUT2D eigenvalue weighted by molar-refractivity contribution is 5.96. The number of carbonyl (C=O) groups is 2. The smallest absolute Gasteiger partial charge is 0.317 e. The van der Waals surface area contributed by atoms with Crippen LogP contribution < -0.4 is 0 Å². The van der Waals surface area contributed by atoms with Crippen LogP contribution in [0.5, 0.6) is 0 Å². The summed E-state index contributed by atoms with van der Waals surface area (Å²) in [4.78, 5) is 22.2. The molecule has 1 heterocycles. The minimum atomic E-state index is -0.295. The Labute approximate surface area is 71.1 Å². The van der Waals surface area contributed by atoms with E-state index in [1.54, 1.807) is 0 Å². The van der Waals surface area contributed by atoms with E-state index in [2.05, 4.69) is 11.7 Å². The van der Waals surface area contributed by atoms with Crippen molar-refractivity contribution in [3.05, 3.63) is 0 Å². The average Bonchev–Trinajstić information content (AvgIpc) is 2.28. The molecule has 0 aromatic rings. The van der Waals surface area contributed by atoms with E-state index >= 15 is 0 Å². The van der Waals surface area contributed by atoms with Crippen LogP contribution in [-0.4, -0.2) is 11.9 Å². The Kier molecular flexibility index (Phi) is 1.67. The van der Waals surface area contributed by atoms with Gasteiger partial charge in [0.1, 0.15) is 0 Å². The van der Waals surface area contributed by atoms with Gasteiger partial charge in [-0.25, -0.2) is 0 Å². The lowest BCUT2D eigenvalue weighted by Gasteiger charge is -2.24. The zero-order valence-electron chi connectivity index (χ0n) is 7.08. The molecule has 2 fully saturated rings. The molecule has 1 saturated heterocycles. The van der Waals surface area contributed by atoms with Gasteiger partial charge in [0.25, 0.3) is 0 Å². The number of ether oxygens (including phenoxy) is 1. The van der Waals surface area contributed by atoms with Gasteiger partial charge in [0.15, 0.2) is 0 Å². The number of hydrogen-bond acceptors (Lipinski definition) is 3. The molecule has 12 heavy (non-hydrogen) atoms. The Morgan fingerprint density at radius 2 is 1.83 bits per heavy atom. The summed E-state index contributed by atoms with van der Waals surface area (Å²) in [5, 5.41) is 0. The molecule has 1 aliphatic heterocycles. The lowest BCUT2D eigenvalue weighted by atomic mass is 9.76. The van der Waals surface area contributed by atoms with Gasteiger partial charge >= 0.3 is 11.9 Å². The van der Waals surface area contributed by atoms with Crippen molar-refractivity contribution in [3.63, 3.8) is 0 Å². The molecular formula is C9H12O3. The van der Waals surface area contributed by atoms with Crippen LogP contribution in [-0.2, 0) is 14.3 Å². The molecule has 0 N–H and O–H groups in total. The van der Waals surface area contributed by atoms with Crippen molar-refractivity contribution in [3.8, 4) is 0 Å². The van der Waals surface area contributed by atoms with E-state index in [0.29, 0.717) is 5.92 Å². The molecule has 0 bridgehead atoms. The summed E-state index contributed by atoms with van der Waals surface area (Å²) in [7, 11) is 0. The summed E-state index contributed by atoms with van der Waals surface area (Å²) in [5.74, 6) is -0.270. The maximum atomic E-state index is 11.1. The predicted octanol–water partition coefficient (Wildman–Crippen LogP) is 1.12. The first-order valence-corrected chi connectivity index (χ1v) is 4.44. The molecule has 0 aromatic heterocycles. The quantitative estimate of drug-likeness (QED) is 0.402. The van der Waals surface area contributed by atoms with Crippen molar-refractivity contribution < 1.29 is 14.3 Å². The maximum absolute atomic E-state index is 11.1. The van der Waals surface area contributed by atoms with Crippen LogP contribution in [0.25, 0.3) is 0 Å². The second kappa shape index (κ2) is 2.57. The highest BCUT2D eigenvalue weighted by Crippen LogP contribution is 2.38. The molecule has 1 unspecified atom stereocenters. The van der Waals surface area contributed by atoms with Crippen molar-refractivity contribution in [1.82, 2.24) is 0 Å². The van der Waals surface area contributed by atoms with Crippen molar-refractivity contribution in [2.45, 2.75) is 26.2 Å². The minimum absolute atomic E-state index is 0.117. The van der Waals surface area contributed by atoms with Crippen LogP contribution in [0.1, 0.15) is 26.2 Å². The topological polar surface area (TPSA) is 43.4 Å². The van der Waals surface area contributed by atoms with Crippen molar-refractivity contribution in [1.29, 1.82) is 0 Å². The van der Waals surface area contributed by atoms with Crippen LogP contribution in [0.15, 0.2) is 0 Å². The van der Waals surface area contributed by atoms with E-state index in [1.165, 1.54) is 0 Å². The van der Waals surface area contributed by atoms with Gasteiger partial charge in [-0.15, -0.1) is 0 Å². The standard InChI is InChI=1S/C9H12O3/c1-5-2-3-6-7(4-5)9(11)12-8(6)10/h5-7H,2-4H2,1H3/t5?,6-,7-/m1/s1. The highest BCUT2D eigenvalue weighted by atomic mass is 16.6. The minimum Gasteiger partial charge on any atom is -0.393 e. The van der Waals surface area contributed by atoms with E-state index in [0.717, 1.165) is 19.3 Å². The first kappa shape index (κ1) is 7.77. The molecule has 0 amide bonds. The van der Waals surface area contributed by atoms with Gasteiger partial charge in [0.05, 0.1) is 11.8 Å². The summed E-state index contributed by atoms with van der Waals surface area (Å²) >= 11 is 0. The third-order valence-corrected chi connectivity index (χ3v) is 2.92. The zero-order chi connectivity index (χ0) is 8.72. The molecule has 0 aromatic carbocycles. The first-order valence-electron chi connectivity index (χ1n) is 4.44. The van der Waals surface area contributed by atoms with Crippen molar-refractivity contribution >= 4 is 11.9 Å². The maximum Gasteiger partial charge on any atom is 0.317 e. The lowest BCUT2D eigenvalue weighted by molar-refractivity contribution is -0.153. The molecule has 1 saturated carbocycles. The normalized spacial score (nSPS) is 40.9. The monoisotopic (exact) mass is 168 g/mol. The molecule has 2 aliphatic rings. The fourth-order valence-corrected chi connectivity index (χ4v) is 2.17. The molecule has 2 rings (SSSR count). The Morgan fingerprint density at radius 1 is 1.17 bits per heavy atom. The van der Waals surface area contributed by atoms with Crippen LogP contribution in [0.2, 0.25) is 0 Å². The summed E-state index contributed by atoms with van der Waals surface area (Å²) in [6, 6.07) is 0. The second-order valence-corrected chi connectivity index (χ2v) is 3.87. The lowest BCUT2D eigenvalue weighted by Crippen LogP contribution is -2.25. The number of rotatable bonds is 0. The SMILES string of the molecule is CC1CC[C@H]2C(=O)OC(=O)[C@@H]2C1. The number of cyclic esters (lactones) is 2. The Morgan fingerprint density at radius 3 is 2.58 bits per heavy atom. The highest BCUT2D eigenvalue weighted by Gasteiger charge is 2.46. The molecule has 3 heteroatoms. The molecule has 1 aliphatic carbocycles. The largest absolute Gasteiger partial charge is 0.393 e. The van der Waals surface area contributed by atoms with Gasteiger partial charge in [-0.05, 0) is 25.2 Å². The second-order valence-electron chi connectivity index (χ2n) is 3.87. The molecule has 0 radical (unpaired) electrons. The van der Waals surface area contributed by atoms with E-state index in [9.17, 15) is 9.59 Å². The number of esters is 2. The fraction of sp³-hybridized carbons (Fsp3) is 0.778. The van der Waals surface area contributed by atoms with Crippen LogP contribution in [0.3, 0.4) is 0 Å². The van der Waals surface area contributed by atoms with Gasteiger partial charge in [0.2, 0.25) is 0 Å². The summed E-state index contributed by atoms with van der Waals surface area (Å²) in [6.07, 6.45) is 2.70. The summed E-state index contributed by atoms with van der Waals surface area (Å²) in [5.41, 5.74) is 0. The summed E-state index contributed by atoms with van der Waals surface area (Å²) < 4.78 is 4.58. The van der Waals surface area contributed by atoms with Gasteiger partial charge < -0.3 is 4.74 Å². The zero-order valence-corrected chi connectivity index (χ0v) is 7.08. The molecule has 0 spiro atoms. The van der Waals surface area contributed by atoms with Crippen molar-refractivity contribution in [2.24, 2.45) is 17.8 Å². The van der Waals surface area contributed by atoms with E-state index in [4.69, 9.17) is 0 Å². The molecule has 3 nitrogen and oxygen atoms in total. The van der Waals surface area contributed by atoms with E-state index < -0.39 is 0 Å². The van der Waals surface area contributed by atoms with E-state index in [1.807, 2.05) is 0 Å². The Hall–Kier alpha value is -0.860. The van der Waals surface area contributed by atoms with Crippen molar-refractivity contribution in [2.75, 3.05) is 0 Å². The number of carbonyl (C=O) groups excluding carboxylic acids is 2.